The van der Waals surface area contributed by atoms with E-state index >= 15 is 0 Å². The van der Waals surface area contributed by atoms with E-state index in [1.165, 1.54) is 56.9 Å². The molecular formula is C33H54N2O5. The van der Waals surface area contributed by atoms with E-state index in [-0.39, 0.29) is 43.4 Å². The summed E-state index contributed by atoms with van der Waals surface area (Å²) in [5.41, 5.74) is 1.75. The first-order valence-electron chi connectivity index (χ1n) is 16.2. The fourth-order valence-electron chi connectivity index (χ4n) is 9.06. The molecule has 0 aromatic heterocycles. The molecule has 0 aromatic rings. The second-order valence-electron chi connectivity index (χ2n) is 14.0. The summed E-state index contributed by atoms with van der Waals surface area (Å²) in [5.74, 6) is 4.70. The molecule has 8 atom stereocenters. The maximum atomic E-state index is 12.4. The summed E-state index contributed by atoms with van der Waals surface area (Å²) in [5, 5.41) is 14.0. The van der Waals surface area contributed by atoms with Gasteiger partial charge in [-0.3, -0.25) is 9.59 Å². The van der Waals surface area contributed by atoms with Gasteiger partial charge in [-0.05, 0) is 91.8 Å². The lowest BCUT2D eigenvalue weighted by molar-refractivity contribution is -0.138. The van der Waals surface area contributed by atoms with Crippen molar-refractivity contribution < 1.29 is 24.2 Å². The molecule has 4 aliphatic rings. The van der Waals surface area contributed by atoms with Crippen LogP contribution in [0, 0.1) is 46.8 Å². The topological polar surface area (TPSA) is 105 Å². The van der Waals surface area contributed by atoms with Crippen molar-refractivity contribution in [3.05, 3.63) is 11.6 Å². The van der Waals surface area contributed by atoms with Gasteiger partial charge in [0, 0.05) is 25.9 Å². The normalized spacial score (nSPS) is 33.7. The third kappa shape index (κ3) is 7.42. The molecule has 7 heteroatoms. The van der Waals surface area contributed by atoms with Gasteiger partial charge in [-0.2, -0.15) is 0 Å². The SMILES string of the molecule is CC(C)CCC[C@H](C)[C@@H]1CCC2C3CC=C4C[C@H](OC(=O)NCCNC(=O)CCC(=O)O)CC[C@@]4(C)C3CCC21. The van der Waals surface area contributed by atoms with Crippen LogP contribution in [0.5, 0.6) is 0 Å². The van der Waals surface area contributed by atoms with Gasteiger partial charge in [0.25, 0.3) is 0 Å². The molecule has 0 radical (unpaired) electrons. The van der Waals surface area contributed by atoms with Crippen molar-refractivity contribution in [1.82, 2.24) is 10.6 Å². The first-order valence-corrected chi connectivity index (χ1v) is 16.2. The molecule has 0 aromatic carbocycles. The molecular weight excluding hydrogens is 504 g/mol. The molecule has 0 spiro atoms. The van der Waals surface area contributed by atoms with Gasteiger partial charge in [0.2, 0.25) is 5.91 Å². The number of rotatable bonds is 12. The largest absolute Gasteiger partial charge is 0.481 e. The number of carbonyl (C=O) groups excluding carboxylic acids is 2. The van der Waals surface area contributed by atoms with E-state index in [1.807, 2.05) is 0 Å². The van der Waals surface area contributed by atoms with Crippen molar-refractivity contribution in [2.45, 2.75) is 117 Å². The van der Waals surface area contributed by atoms with E-state index in [0.717, 1.165) is 60.7 Å². The molecule has 0 aliphatic heterocycles. The highest BCUT2D eigenvalue weighted by Crippen LogP contribution is 2.63. The van der Waals surface area contributed by atoms with Crippen LogP contribution >= 0.6 is 0 Å². The average Bonchev–Trinajstić information content (AvgIpc) is 3.34. The second-order valence-corrected chi connectivity index (χ2v) is 14.0. The lowest BCUT2D eigenvalue weighted by Crippen LogP contribution is -2.48. The van der Waals surface area contributed by atoms with Crippen molar-refractivity contribution in [2.75, 3.05) is 13.1 Å². The number of carbonyl (C=O) groups is 3. The van der Waals surface area contributed by atoms with Gasteiger partial charge in [0.15, 0.2) is 0 Å². The van der Waals surface area contributed by atoms with Crippen LogP contribution < -0.4 is 10.6 Å². The van der Waals surface area contributed by atoms with E-state index in [1.54, 1.807) is 0 Å². The van der Waals surface area contributed by atoms with Crippen molar-refractivity contribution >= 4 is 18.0 Å². The number of aliphatic carboxylic acids is 1. The highest BCUT2D eigenvalue weighted by molar-refractivity contribution is 5.80. The molecule has 3 fully saturated rings. The molecule has 0 bridgehead atoms. The number of fused-ring (bicyclic) bond motifs is 5. The Hall–Kier alpha value is -2.05. The number of carboxylic acid groups (broad SMARTS) is 1. The Kier molecular flexibility index (Phi) is 10.6. The van der Waals surface area contributed by atoms with Crippen LogP contribution in [0.1, 0.15) is 111 Å². The number of hydrogen-bond acceptors (Lipinski definition) is 4. The molecule has 0 saturated heterocycles. The smallest absolute Gasteiger partial charge is 0.407 e. The molecule has 3 N–H and O–H groups in total. The quantitative estimate of drug-likeness (QED) is 0.182. The van der Waals surface area contributed by atoms with E-state index in [9.17, 15) is 14.4 Å². The van der Waals surface area contributed by atoms with E-state index in [2.05, 4.69) is 44.4 Å². The average molecular weight is 559 g/mol. The van der Waals surface area contributed by atoms with E-state index in [0.29, 0.717) is 0 Å². The van der Waals surface area contributed by atoms with Crippen LogP contribution in [0.15, 0.2) is 11.6 Å². The molecule has 4 rings (SSSR count). The number of alkyl carbamates (subject to hydrolysis) is 1. The zero-order chi connectivity index (χ0) is 28.9. The Morgan fingerprint density at radius 3 is 2.48 bits per heavy atom. The molecule has 3 saturated carbocycles. The third-order valence-corrected chi connectivity index (χ3v) is 11.2. The van der Waals surface area contributed by atoms with Crippen LogP contribution in [0.4, 0.5) is 4.79 Å². The maximum absolute atomic E-state index is 12.4. The minimum atomic E-state index is -0.999. The number of amides is 2. The minimum Gasteiger partial charge on any atom is -0.481 e. The highest BCUT2D eigenvalue weighted by Gasteiger charge is 2.54. The Balaban J connectivity index is 1.24. The van der Waals surface area contributed by atoms with Crippen LogP contribution in [0.25, 0.3) is 0 Å². The summed E-state index contributed by atoms with van der Waals surface area (Å²) in [4.78, 5) is 34.6. The lowest BCUT2D eigenvalue weighted by Gasteiger charge is -2.55. The summed E-state index contributed by atoms with van der Waals surface area (Å²) in [6, 6.07) is 0. The van der Waals surface area contributed by atoms with Gasteiger partial charge in [0.05, 0.1) is 6.42 Å². The van der Waals surface area contributed by atoms with Gasteiger partial charge in [-0.15, -0.1) is 0 Å². The second kappa shape index (κ2) is 13.7. The molecule has 7 nitrogen and oxygen atoms in total. The van der Waals surface area contributed by atoms with E-state index < -0.39 is 12.1 Å². The summed E-state index contributed by atoms with van der Waals surface area (Å²) in [6.07, 6.45) is 15.5. The number of nitrogens with one attached hydrogen (secondary N) is 2. The first kappa shape index (κ1) is 30.9. The number of ether oxygens (including phenoxy) is 1. The molecule has 226 valence electrons. The molecule has 4 unspecified atom stereocenters. The van der Waals surface area contributed by atoms with Gasteiger partial charge in [-0.25, -0.2) is 4.79 Å². The summed E-state index contributed by atoms with van der Waals surface area (Å²) >= 11 is 0. The minimum absolute atomic E-state index is 0.0584. The highest BCUT2D eigenvalue weighted by atomic mass is 16.6. The van der Waals surface area contributed by atoms with Crippen molar-refractivity contribution in [3.8, 4) is 0 Å². The van der Waals surface area contributed by atoms with Crippen molar-refractivity contribution in [2.24, 2.45) is 46.8 Å². The zero-order valence-electron chi connectivity index (χ0n) is 25.4. The molecule has 40 heavy (non-hydrogen) atoms. The van der Waals surface area contributed by atoms with Crippen LogP contribution in [-0.2, 0) is 14.3 Å². The standard InChI is InChI=1S/C33H54N2O5/c1-21(2)6-5-7-22(3)25-10-11-27-26(25)12-13-29-28(27)9-8-23-20-24(16-17-33(23,29)4)40-32(39)35-19-18-34-30(36)14-15-31(37)38/h8,21-22,24-29H,5-7,9-20H2,1-4H3,(H,34,36)(H,35,39)(H,37,38)/t22-,24+,25-,26?,27?,28?,29?,33+/m0/s1. The predicted molar refractivity (Wildman–Crippen MR) is 157 cm³/mol. The Morgan fingerprint density at radius 1 is 0.975 bits per heavy atom. The molecule has 2 amide bonds. The Bertz CT molecular complexity index is 932. The summed E-state index contributed by atoms with van der Waals surface area (Å²) in [6.45, 7) is 10.2. The summed E-state index contributed by atoms with van der Waals surface area (Å²) in [7, 11) is 0. The van der Waals surface area contributed by atoms with Gasteiger partial charge < -0.3 is 20.5 Å². The number of allylic oxidation sites excluding steroid dienone is 1. The van der Waals surface area contributed by atoms with Crippen LogP contribution in [-0.4, -0.2) is 42.3 Å². The van der Waals surface area contributed by atoms with Gasteiger partial charge in [0.1, 0.15) is 6.10 Å². The van der Waals surface area contributed by atoms with Gasteiger partial charge >= 0.3 is 12.1 Å². The van der Waals surface area contributed by atoms with Crippen molar-refractivity contribution in [1.29, 1.82) is 0 Å². The Morgan fingerprint density at radius 2 is 1.73 bits per heavy atom. The van der Waals surface area contributed by atoms with Crippen LogP contribution in [0.3, 0.4) is 0 Å². The summed E-state index contributed by atoms with van der Waals surface area (Å²) < 4.78 is 5.78. The first-order chi connectivity index (χ1) is 19.1. The molecule has 4 aliphatic carbocycles. The Labute approximate surface area is 241 Å². The van der Waals surface area contributed by atoms with Crippen molar-refractivity contribution in [3.63, 3.8) is 0 Å². The monoisotopic (exact) mass is 558 g/mol. The fourth-order valence-corrected chi connectivity index (χ4v) is 9.06. The lowest BCUT2D eigenvalue weighted by atomic mass is 9.50. The zero-order valence-corrected chi connectivity index (χ0v) is 25.4. The van der Waals surface area contributed by atoms with Crippen LogP contribution in [0.2, 0.25) is 0 Å². The maximum Gasteiger partial charge on any atom is 0.407 e. The van der Waals surface area contributed by atoms with E-state index in [4.69, 9.17) is 9.84 Å². The number of hydrogen-bond donors (Lipinski definition) is 3. The van der Waals surface area contributed by atoms with Gasteiger partial charge in [-0.1, -0.05) is 58.6 Å². The molecule has 0 heterocycles. The predicted octanol–water partition coefficient (Wildman–Crippen LogP) is 6.71. The third-order valence-electron chi connectivity index (χ3n) is 11.2. The number of carboxylic acids is 1. The fraction of sp³-hybridized carbons (Fsp3) is 0.848.